The van der Waals surface area contributed by atoms with Crippen molar-refractivity contribution in [3.05, 3.63) is 29.7 Å². The summed E-state index contributed by atoms with van der Waals surface area (Å²) in [5, 5.41) is 30.3. The molecule has 17 heavy (non-hydrogen) atoms. The number of hydrogen-bond acceptors (Lipinski definition) is 4. The van der Waals surface area contributed by atoms with E-state index in [1.54, 1.807) is 27.7 Å². The third-order valence-electron chi connectivity index (χ3n) is 0. The zero-order valence-corrected chi connectivity index (χ0v) is 16.3. The maximum absolute atomic E-state index is 7.57. The predicted molar refractivity (Wildman–Crippen MR) is 76.7 cm³/mol. The molecule has 0 aromatic carbocycles. The van der Waals surface area contributed by atoms with Crippen molar-refractivity contribution in [1.82, 2.24) is 0 Å². The van der Waals surface area contributed by atoms with Crippen LogP contribution >= 0.6 is 0 Å². The van der Waals surface area contributed by atoms with Crippen molar-refractivity contribution in [3.8, 4) is 0 Å². The van der Waals surface area contributed by atoms with Crippen LogP contribution in [-0.4, -0.2) is 46.9 Å². The normalized spacial score (nSPS) is 4.24. The molecule has 0 spiro atoms. The van der Waals surface area contributed by atoms with Gasteiger partial charge in [0.15, 0.2) is 0 Å². The van der Waals surface area contributed by atoms with E-state index in [0.717, 1.165) is 0 Å². The SMILES string of the molecule is CCO.CCO.CCO.CCO.[CH3-].[CH3-].[CH3-].[CH3-].[Ta]. The third-order valence-corrected chi connectivity index (χ3v) is 0. The van der Waals surface area contributed by atoms with Crippen LogP contribution in [-0.2, 0) is 22.4 Å². The summed E-state index contributed by atoms with van der Waals surface area (Å²) in [4.78, 5) is 0. The average Bonchev–Trinajstić information content (AvgIpc) is 1.92. The van der Waals surface area contributed by atoms with Crippen LogP contribution in [0.3, 0.4) is 0 Å². The summed E-state index contributed by atoms with van der Waals surface area (Å²) < 4.78 is 0. The van der Waals surface area contributed by atoms with Gasteiger partial charge in [0, 0.05) is 48.8 Å². The van der Waals surface area contributed by atoms with Crippen LogP contribution in [0.15, 0.2) is 0 Å². The summed E-state index contributed by atoms with van der Waals surface area (Å²) >= 11 is 0. The monoisotopic (exact) mass is 425 g/mol. The van der Waals surface area contributed by atoms with Gasteiger partial charge in [-0.25, -0.2) is 0 Å². The molecule has 5 heteroatoms. The molecule has 0 aliphatic heterocycles. The summed E-state index contributed by atoms with van der Waals surface area (Å²) in [5.74, 6) is 0. The van der Waals surface area contributed by atoms with E-state index in [0.29, 0.717) is 0 Å². The van der Waals surface area contributed by atoms with Gasteiger partial charge in [0.05, 0.1) is 0 Å². The van der Waals surface area contributed by atoms with Crippen molar-refractivity contribution in [3.63, 3.8) is 0 Å². The Morgan fingerprint density at radius 2 is 0.471 bits per heavy atom. The number of aliphatic hydroxyl groups excluding tert-OH is 4. The van der Waals surface area contributed by atoms with Crippen LogP contribution in [0.2, 0.25) is 0 Å². The third kappa shape index (κ3) is 10500. The second-order valence-corrected chi connectivity index (χ2v) is 1.26. The first-order valence-corrected chi connectivity index (χ1v) is 4.09. The Kier molecular flexibility index (Phi) is 741. The van der Waals surface area contributed by atoms with E-state index in [-0.39, 0.29) is 78.5 Å². The molecule has 0 aliphatic carbocycles. The molecule has 0 unspecified atom stereocenters. The summed E-state index contributed by atoms with van der Waals surface area (Å²) in [5.41, 5.74) is 0. The Hall–Kier alpha value is 0.580. The van der Waals surface area contributed by atoms with E-state index in [9.17, 15) is 0 Å². The molecule has 0 aliphatic rings. The molecular formula is C12H36O4Ta-4. The van der Waals surface area contributed by atoms with E-state index >= 15 is 0 Å². The molecule has 0 aromatic heterocycles. The van der Waals surface area contributed by atoms with Crippen molar-refractivity contribution in [2.45, 2.75) is 27.7 Å². The van der Waals surface area contributed by atoms with Crippen molar-refractivity contribution < 1.29 is 42.8 Å². The van der Waals surface area contributed by atoms with Crippen molar-refractivity contribution in [1.29, 1.82) is 0 Å². The maximum atomic E-state index is 7.57. The number of rotatable bonds is 0. The Bertz CT molecular complexity index is 26.5. The summed E-state index contributed by atoms with van der Waals surface area (Å²) in [6, 6.07) is 0. The molecule has 0 fully saturated rings. The van der Waals surface area contributed by atoms with E-state index in [2.05, 4.69) is 0 Å². The van der Waals surface area contributed by atoms with Gasteiger partial charge in [0.1, 0.15) is 0 Å². The van der Waals surface area contributed by atoms with Gasteiger partial charge in [0.25, 0.3) is 0 Å². The maximum Gasteiger partial charge on any atom is 0.0402 e. The van der Waals surface area contributed by atoms with Gasteiger partial charge in [-0.15, -0.1) is 0 Å². The van der Waals surface area contributed by atoms with Gasteiger partial charge in [-0.05, 0) is 27.7 Å². The fourth-order valence-corrected chi connectivity index (χ4v) is 0. The topological polar surface area (TPSA) is 80.9 Å². The average molecular weight is 425 g/mol. The molecular weight excluding hydrogens is 389 g/mol. The smallest absolute Gasteiger partial charge is 0.0402 e. The number of aliphatic hydroxyl groups is 4. The van der Waals surface area contributed by atoms with Crippen LogP contribution in [0, 0.1) is 29.7 Å². The van der Waals surface area contributed by atoms with Crippen LogP contribution in [0.5, 0.6) is 0 Å². The second-order valence-electron chi connectivity index (χ2n) is 1.26. The van der Waals surface area contributed by atoms with E-state index in [4.69, 9.17) is 20.4 Å². The Morgan fingerprint density at radius 1 is 0.471 bits per heavy atom. The second kappa shape index (κ2) is 192. The van der Waals surface area contributed by atoms with E-state index in [1.165, 1.54) is 0 Å². The van der Waals surface area contributed by atoms with Gasteiger partial charge < -0.3 is 50.1 Å². The molecule has 0 atom stereocenters. The first-order chi connectivity index (χ1) is 5.66. The quantitative estimate of drug-likeness (QED) is 0.447. The van der Waals surface area contributed by atoms with Crippen molar-refractivity contribution in [2.75, 3.05) is 26.4 Å². The Labute approximate surface area is 127 Å². The summed E-state index contributed by atoms with van der Waals surface area (Å²) in [6.45, 7) is 7.72. The summed E-state index contributed by atoms with van der Waals surface area (Å²) in [6.07, 6.45) is 0. The van der Waals surface area contributed by atoms with Gasteiger partial charge >= 0.3 is 0 Å². The molecule has 0 heterocycles. The molecule has 117 valence electrons. The van der Waals surface area contributed by atoms with Gasteiger partial charge in [-0.3, -0.25) is 0 Å². The first kappa shape index (κ1) is 65.6. The van der Waals surface area contributed by atoms with Crippen LogP contribution in [0.25, 0.3) is 0 Å². The minimum Gasteiger partial charge on any atom is -0.397 e. The van der Waals surface area contributed by atoms with E-state index < -0.39 is 0 Å². The molecule has 4 N–H and O–H groups in total. The van der Waals surface area contributed by atoms with Crippen molar-refractivity contribution >= 4 is 0 Å². The van der Waals surface area contributed by atoms with Crippen molar-refractivity contribution in [2.24, 2.45) is 0 Å². The zero-order chi connectivity index (χ0) is 10.8. The first-order valence-electron chi connectivity index (χ1n) is 4.09. The molecule has 0 saturated heterocycles. The molecule has 0 bridgehead atoms. The van der Waals surface area contributed by atoms with Crippen LogP contribution < -0.4 is 0 Å². The van der Waals surface area contributed by atoms with Gasteiger partial charge in [-0.1, -0.05) is 0 Å². The number of hydrogen-bond donors (Lipinski definition) is 4. The molecule has 0 rings (SSSR count). The van der Waals surface area contributed by atoms with E-state index in [1.807, 2.05) is 0 Å². The largest absolute Gasteiger partial charge is 0.397 e. The molecule has 1 radical (unpaired) electrons. The fourth-order valence-electron chi connectivity index (χ4n) is 0. The molecule has 0 saturated carbocycles. The molecule has 0 amide bonds. The zero-order valence-electron chi connectivity index (χ0n) is 13.1. The molecule has 4 nitrogen and oxygen atoms in total. The predicted octanol–water partition coefficient (Wildman–Crippen LogP) is 1.79. The summed E-state index contributed by atoms with van der Waals surface area (Å²) in [7, 11) is 0. The minimum atomic E-state index is 0. The Balaban J connectivity index is -0.00000000653. The molecule has 0 aromatic rings. The van der Waals surface area contributed by atoms with Crippen LogP contribution in [0.4, 0.5) is 0 Å². The van der Waals surface area contributed by atoms with Gasteiger partial charge in [-0.2, -0.15) is 0 Å². The standard InChI is InChI=1S/4C2H6O.4CH3.Ta/c4*1-2-3;;;;;/h4*3H,2H2,1H3;4*1H3;/q;;;;4*-1;. The van der Waals surface area contributed by atoms with Gasteiger partial charge in [0.2, 0.25) is 0 Å². The minimum absolute atomic E-state index is 0. The van der Waals surface area contributed by atoms with Crippen LogP contribution in [0.1, 0.15) is 27.7 Å². The Morgan fingerprint density at radius 3 is 0.471 bits per heavy atom. The fraction of sp³-hybridized carbons (Fsp3) is 0.667.